The third-order valence-electron chi connectivity index (χ3n) is 2.52. The lowest BCUT2D eigenvalue weighted by atomic mass is 10.2. The summed E-state index contributed by atoms with van der Waals surface area (Å²) in [7, 11) is 1.41. The summed E-state index contributed by atoms with van der Waals surface area (Å²) in [4.78, 5) is 23.0. The summed E-state index contributed by atoms with van der Waals surface area (Å²) >= 11 is 5.98. The normalized spacial score (nSPS) is 11.1. The second kappa shape index (κ2) is 8.39. The molecule has 0 saturated heterocycles. The van der Waals surface area contributed by atoms with Crippen LogP contribution in [0, 0.1) is 6.92 Å². The largest absolute Gasteiger partial charge is 0.375 e. The van der Waals surface area contributed by atoms with Gasteiger partial charge in [0.05, 0.1) is 6.42 Å². The molecule has 0 saturated carbocycles. The van der Waals surface area contributed by atoms with E-state index in [0.29, 0.717) is 16.4 Å². The van der Waals surface area contributed by atoms with Crippen LogP contribution < -0.4 is 10.7 Å². The van der Waals surface area contributed by atoms with Gasteiger partial charge in [0.1, 0.15) is 6.61 Å². The topological polar surface area (TPSA) is 79.8 Å². The van der Waals surface area contributed by atoms with Gasteiger partial charge in [-0.1, -0.05) is 17.7 Å². The predicted octanol–water partition coefficient (Wildman–Crippen LogP) is 2.12. The van der Waals surface area contributed by atoms with E-state index < -0.39 is 0 Å². The van der Waals surface area contributed by atoms with Gasteiger partial charge in [0, 0.05) is 23.5 Å². The molecule has 0 aromatic heterocycles. The van der Waals surface area contributed by atoms with Crippen molar-refractivity contribution in [1.82, 2.24) is 5.43 Å². The van der Waals surface area contributed by atoms with Gasteiger partial charge in [-0.05, 0) is 31.5 Å². The molecule has 6 nitrogen and oxygen atoms in total. The van der Waals surface area contributed by atoms with Crippen LogP contribution in [-0.4, -0.2) is 31.2 Å². The molecule has 0 aliphatic rings. The van der Waals surface area contributed by atoms with Crippen LogP contribution in [0.5, 0.6) is 0 Å². The summed E-state index contributed by atoms with van der Waals surface area (Å²) in [6.45, 7) is 3.45. The number of nitrogens with one attached hydrogen (secondary N) is 2. The Kier molecular flexibility index (Phi) is 6.84. The highest BCUT2D eigenvalue weighted by Crippen LogP contribution is 2.19. The number of carbonyl (C=O) groups is 2. The van der Waals surface area contributed by atoms with E-state index in [1.807, 2.05) is 13.0 Å². The molecule has 0 spiro atoms. The lowest BCUT2D eigenvalue weighted by molar-refractivity contribution is -0.124. The predicted molar refractivity (Wildman–Crippen MR) is 82.6 cm³/mol. The average Bonchev–Trinajstić information content (AvgIpc) is 2.41. The molecule has 0 unspecified atom stereocenters. The maximum absolute atomic E-state index is 11.8. The Labute approximate surface area is 128 Å². The molecular formula is C14H18ClN3O3. The lowest BCUT2D eigenvalue weighted by Crippen LogP contribution is -2.24. The molecule has 0 aliphatic heterocycles. The Morgan fingerprint density at radius 1 is 1.33 bits per heavy atom. The minimum Gasteiger partial charge on any atom is -0.375 e. The van der Waals surface area contributed by atoms with Crippen molar-refractivity contribution in [1.29, 1.82) is 0 Å². The fourth-order valence-corrected chi connectivity index (χ4v) is 1.65. The van der Waals surface area contributed by atoms with Crippen molar-refractivity contribution in [2.24, 2.45) is 5.10 Å². The van der Waals surface area contributed by atoms with Crippen LogP contribution in [0.25, 0.3) is 0 Å². The number of benzene rings is 1. The van der Waals surface area contributed by atoms with Crippen LogP contribution in [0.2, 0.25) is 5.02 Å². The first-order valence-electron chi connectivity index (χ1n) is 6.29. The van der Waals surface area contributed by atoms with Crippen LogP contribution in [-0.2, 0) is 14.3 Å². The lowest BCUT2D eigenvalue weighted by Gasteiger charge is -2.07. The standard InChI is InChI=1S/C14H18ClN3O3/c1-9-4-5-11(7-12(9)15)16-13(19)6-10(2)17-18-14(20)8-21-3/h4-5,7H,6,8H2,1-3H3,(H,16,19)(H,18,20)/b17-10+. The Morgan fingerprint density at radius 2 is 2.05 bits per heavy atom. The van der Waals surface area contributed by atoms with Crippen LogP contribution in [0.15, 0.2) is 23.3 Å². The van der Waals surface area contributed by atoms with E-state index in [-0.39, 0.29) is 24.8 Å². The Bertz CT molecular complexity index is 558. The number of hydrogen-bond acceptors (Lipinski definition) is 4. The van der Waals surface area contributed by atoms with E-state index in [9.17, 15) is 9.59 Å². The summed E-state index contributed by atoms with van der Waals surface area (Å²) in [5, 5.41) is 7.11. The quantitative estimate of drug-likeness (QED) is 0.624. The summed E-state index contributed by atoms with van der Waals surface area (Å²) in [5.74, 6) is -0.611. The van der Waals surface area contributed by atoms with E-state index >= 15 is 0 Å². The number of ether oxygens (including phenoxy) is 1. The highest BCUT2D eigenvalue weighted by atomic mass is 35.5. The summed E-state index contributed by atoms with van der Waals surface area (Å²) < 4.78 is 4.64. The molecule has 2 amide bonds. The van der Waals surface area contributed by atoms with Crippen molar-refractivity contribution in [2.75, 3.05) is 19.0 Å². The first-order chi connectivity index (χ1) is 9.92. The molecule has 0 atom stereocenters. The number of nitrogens with zero attached hydrogens (tertiary/aromatic N) is 1. The molecule has 0 radical (unpaired) electrons. The molecule has 0 heterocycles. The first kappa shape index (κ1) is 17.1. The van der Waals surface area contributed by atoms with Crippen molar-refractivity contribution in [3.05, 3.63) is 28.8 Å². The van der Waals surface area contributed by atoms with Gasteiger partial charge in [-0.25, -0.2) is 5.43 Å². The molecule has 0 aliphatic carbocycles. The molecule has 0 fully saturated rings. The molecule has 21 heavy (non-hydrogen) atoms. The van der Waals surface area contributed by atoms with Gasteiger partial charge in [-0.3, -0.25) is 9.59 Å². The number of aryl methyl sites for hydroxylation is 1. The molecule has 1 aromatic rings. The second-order valence-electron chi connectivity index (χ2n) is 4.50. The number of hydrogen-bond donors (Lipinski definition) is 2. The molecule has 2 N–H and O–H groups in total. The summed E-state index contributed by atoms with van der Waals surface area (Å²) in [6.07, 6.45) is 0.0682. The van der Waals surface area contributed by atoms with Crippen LogP contribution in [0.4, 0.5) is 5.69 Å². The third-order valence-corrected chi connectivity index (χ3v) is 2.93. The van der Waals surface area contributed by atoms with E-state index in [4.69, 9.17) is 11.6 Å². The number of carbonyl (C=O) groups excluding carboxylic acids is 2. The van der Waals surface area contributed by atoms with Crippen molar-refractivity contribution in [3.8, 4) is 0 Å². The van der Waals surface area contributed by atoms with Gasteiger partial charge in [0.25, 0.3) is 5.91 Å². The number of rotatable bonds is 6. The average molecular weight is 312 g/mol. The minimum atomic E-state index is -0.373. The number of amides is 2. The number of hydrazone groups is 1. The molecular weight excluding hydrogens is 294 g/mol. The third kappa shape index (κ3) is 6.37. The zero-order chi connectivity index (χ0) is 15.8. The SMILES string of the molecule is COCC(=O)N/N=C(\C)CC(=O)Nc1ccc(C)c(Cl)c1. The molecule has 1 rings (SSSR count). The van der Waals surface area contributed by atoms with Gasteiger partial charge in [0.2, 0.25) is 5.91 Å². The van der Waals surface area contributed by atoms with Gasteiger partial charge < -0.3 is 10.1 Å². The van der Waals surface area contributed by atoms with E-state index in [1.165, 1.54) is 7.11 Å². The highest BCUT2D eigenvalue weighted by molar-refractivity contribution is 6.31. The van der Waals surface area contributed by atoms with Crippen LogP contribution in [0.3, 0.4) is 0 Å². The summed E-state index contributed by atoms with van der Waals surface area (Å²) in [6, 6.07) is 5.28. The number of methoxy groups -OCH3 is 1. The smallest absolute Gasteiger partial charge is 0.266 e. The molecule has 114 valence electrons. The van der Waals surface area contributed by atoms with Gasteiger partial charge in [0.15, 0.2) is 0 Å². The fraction of sp³-hybridized carbons (Fsp3) is 0.357. The minimum absolute atomic E-state index is 0.0682. The number of halogens is 1. The van der Waals surface area contributed by atoms with Crippen molar-refractivity contribution in [2.45, 2.75) is 20.3 Å². The Balaban J connectivity index is 2.50. The Morgan fingerprint density at radius 3 is 2.67 bits per heavy atom. The molecule has 1 aromatic carbocycles. The maximum atomic E-state index is 11.8. The van der Waals surface area contributed by atoms with Gasteiger partial charge in [-0.2, -0.15) is 5.10 Å². The van der Waals surface area contributed by atoms with E-state index in [1.54, 1.807) is 19.1 Å². The second-order valence-corrected chi connectivity index (χ2v) is 4.91. The summed E-state index contributed by atoms with van der Waals surface area (Å²) in [5.41, 5.74) is 4.33. The monoisotopic (exact) mass is 311 g/mol. The molecule has 7 heteroatoms. The van der Waals surface area contributed by atoms with Gasteiger partial charge >= 0.3 is 0 Å². The van der Waals surface area contributed by atoms with Crippen LogP contribution >= 0.6 is 11.6 Å². The van der Waals surface area contributed by atoms with E-state index in [0.717, 1.165) is 5.56 Å². The highest BCUT2D eigenvalue weighted by Gasteiger charge is 2.06. The zero-order valence-electron chi connectivity index (χ0n) is 12.2. The zero-order valence-corrected chi connectivity index (χ0v) is 13.0. The van der Waals surface area contributed by atoms with Crippen molar-refractivity contribution >= 4 is 34.8 Å². The van der Waals surface area contributed by atoms with Crippen molar-refractivity contribution in [3.63, 3.8) is 0 Å². The maximum Gasteiger partial charge on any atom is 0.266 e. The van der Waals surface area contributed by atoms with E-state index in [2.05, 4.69) is 20.6 Å². The van der Waals surface area contributed by atoms with Crippen LogP contribution in [0.1, 0.15) is 18.9 Å². The number of anilines is 1. The Hall–Kier alpha value is -1.92. The van der Waals surface area contributed by atoms with Crippen molar-refractivity contribution < 1.29 is 14.3 Å². The van der Waals surface area contributed by atoms with Gasteiger partial charge in [-0.15, -0.1) is 0 Å². The first-order valence-corrected chi connectivity index (χ1v) is 6.67. The molecule has 0 bridgehead atoms. The fourth-order valence-electron chi connectivity index (χ4n) is 1.47.